The molecule has 0 spiro atoms. The van der Waals surface area contributed by atoms with Gasteiger partial charge in [0, 0.05) is 36.2 Å². The number of carbonyl (C=O) groups is 1. The van der Waals surface area contributed by atoms with Crippen LogP contribution >= 0.6 is 11.8 Å². The minimum Gasteiger partial charge on any atom is -0.326 e. The molecule has 0 saturated carbocycles. The van der Waals surface area contributed by atoms with Gasteiger partial charge in [-0.2, -0.15) is 11.8 Å². The standard InChI is InChI=1S/C16H24N2OS/c1-16(2,3)12-4-6-13(7-5-12)18-15(19)10-14-11-20-9-8-17-14/h4-7,14,17H,8-11H2,1-3H3,(H,18,19). The van der Waals surface area contributed by atoms with Gasteiger partial charge in [-0.25, -0.2) is 0 Å². The van der Waals surface area contributed by atoms with E-state index in [1.165, 1.54) is 5.56 Å². The van der Waals surface area contributed by atoms with E-state index in [9.17, 15) is 4.79 Å². The minimum atomic E-state index is 0.0912. The van der Waals surface area contributed by atoms with Gasteiger partial charge in [-0.05, 0) is 23.1 Å². The van der Waals surface area contributed by atoms with Gasteiger partial charge in [-0.15, -0.1) is 0 Å². The monoisotopic (exact) mass is 292 g/mol. The van der Waals surface area contributed by atoms with Crippen LogP contribution in [0.25, 0.3) is 0 Å². The Kier molecular flexibility index (Phi) is 5.11. The van der Waals surface area contributed by atoms with Gasteiger partial charge in [-0.1, -0.05) is 32.9 Å². The molecule has 0 bridgehead atoms. The number of rotatable bonds is 3. The fourth-order valence-corrected chi connectivity index (χ4v) is 3.19. The maximum atomic E-state index is 12.0. The molecule has 0 aliphatic carbocycles. The summed E-state index contributed by atoms with van der Waals surface area (Å²) < 4.78 is 0. The summed E-state index contributed by atoms with van der Waals surface area (Å²) in [6, 6.07) is 8.46. The molecule has 1 heterocycles. The summed E-state index contributed by atoms with van der Waals surface area (Å²) in [6.07, 6.45) is 0.550. The number of thioether (sulfide) groups is 1. The minimum absolute atomic E-state index is 0.0912. The van der Waals surface area contributed by atoms with Crippen LogP contribution in [0, 0.1) is 0 Å². The van der Waals surface area contributed by atoms with Crippen molar-refractivity contribution in [1.82, 2.24) is 5.32 Å². The van der Waals surface area contributed by atoms with Crippen LogP contribution in [0.4, 0.5) is 5.69 Å². The molecule has 0 aromatic heterocycles. The first-order valence-electron chi connectivity index (χ1n) is 7.17. The second kappa shape index (κ2) is 6.64. The van der Waals surface area contributed by atoms with E-state index < -0.39 is 0 Å². The number of hydrogen-bond donors (Lipinski definition) is 2. The summed E-state index contributed by atoms with van der Waals surface area (Å²) >= 11 is 1.91. The molecule has 2 N–H and O–H groups in total. The van der Waals surface area contributed by atoms with E-state index in [2.05, 4.69) is 43.5 Å². The Labute approximate surface area is 125 Å². The van der Waals surface area contributed by atoms with Gasteiger partial charge in [0.15, 0.2) is 0 Å². The molecule has 1 saturated heterocycles. The number of amides is 1. The lowest BCUT2D eigenvalue weighted by atomic mass is 9.87. The molecule has 3 nitrogen and oxygen atoms in total. The molecule has 110 valence electrons. The quantitative estimate of drug-likeness (QED) is 0.900. The topological polar surface area (TPSA) is 41.1 Å². The van der Waals surface area contributed by atoms with Gasteiger partial charge in [0.05, 0.1) is 0 Å². The zero-order chi connectivity index (χ0) is 14.6. The van der Waals surface area contributed by atoms with Crippen LogP contribution in [0.3, 0.4) is 0 Å². The van der Waals surface area contributed by atoms with Crippen molar-refractivity contribution < 1.29 is 4.79 Å². The third kappa shape index (κ3) is 4.53. The first kappa shape index (κ1) is 15.4. The number of nitrogens with one attached hydrogen (secondary N) is 2. The van der Waals surface area contributed by atoms with Crippen molar-refractivity contribution in [2.45, 2.75) is 38.6 Å². The first-order valence-corrected chi connectivity index (χ1v) is 8.32. The molecular formula is C16H24N2OS. The van der Waals surface area contributed by atoms with Gasteiger partial charge < -0.3 is 10.6 Å². The Hall–Kier alpha value is -1.00. The normalized spacial score (nSPS) is 19.6. The predicted octanol–water partition coefficient (Wildman–Crippen LogP) is 3.02. The molecule has 1 amide bonds. The average molecular weight is 292 g/mol. The fraction of sp³-hybridized carbons (Fsp3) is 0.562. The van der Waals surface area contributed by atoms with E-state index in [4.69, 9.17) is 0 Å². The van der Waals surface area contributed by atoms with Gasteiger partial charge in [-0.3, -0.25) is 4.79 Å². The molecule has 1 atom stereocenters. The molecule has 4 heteroatoms. The van der Waals surface area contributed by atoms with Crippen LogP contribution in [0.15, 0.2) is 24.3 Å². The van der Waals surface area contributed by atoms with Crippen LogP contribution < -0.4 is 10.6 Å². The SMILES string of the molecule is CC(C)(C)c1ccc(NC(=O)CC2CSCCN2)cc1. The van der Waals surface area contributed by atoms with Crippen molar-refractivity contribution in [3.8, 4) is 0 Å². The molecule has 1 aliphatic rings. The highest BCUT2D eigenvalue weighted by Gasteiger charge is 2.17. The zero-order valence-corrected chi connectivity index (χ0v) is 13.3. The van der Waals surface area contributed by atoms with Crippen LogP contribution in [-0.4, -0.2) is 30.0 Å². The van der Waals surface area contributed by atoms with E-state index >= 15 is 0 Å². The second-order valence-corrected chi connectivity index (χ2v) is 7.46. The Morgan fingerprint density at radius 3 is 2.60 bits per heavy atom. The maximum absolute atomic E-state index is 12.0. The summed E-state index contributed by atoms with van der Waals surface area (Å²) in [5, 5.41) is 6.36. The maximum Gasteiger partial charge on any atom is 0.225 e. The Morgan fingerprint density at radius 1 is 1.35 bits per heavy atom. The lowest BCUT2D eigenvalue weighted by Gasteiger charge is -2.22. The zero-order valence-electron chi connectivity index (χ0n) is 12.5. The number of carbonyl (C=O) groups excluding carboxylic acids is 1. The van der Waals surface area contributed by atoms with Gasteiger partial charge in [0.25, 0.3) is 0 Å². The number of hydrogen-bond acceptors (Lipinski definition) is 3. The van der Waals surface area contributed by atoms with E-state index in [-0.39, 0.29) is 11.3 Å². The van der Waals surface area contributed by atoms with E-state index in [0.29, 0.717) is 12.5 Å². The van der Waals surface area contributed by atoms with Crippen LogP contribution in [0.5, 0.6) is 0 Å². The van der Waals surface area contributed by atoms with Crippen molar-refractivity contribution in [1.29, 1.82) is 0 Å². The summed E-state index contributed by atoms with van der Waals surface area (Å²) in [6.45, 7) is 7.57. The van der Waals surface area contributed by atoms with Gasteiger partial charge >= 0.3 is 0 Å². The highest BCUT2D eigenvalue weighted by atomic mass is 32.2. The van der Waals surface area contributed by atoms with Gasteiger partial charge in [0.2, 0.25) is 5.91 Å². The third-order valence-corrected chi connectivity index (χ3v) is 4.60. The molecule has 1 aromatic rings. The number of benzene rings is 1. The smallest absolute Gasteiger partial charge is 0.225 e. The molecule has 20 heavy (non-hydrogen) atoms. The molecule has 1 aliphatic heterocycles. The third-order valence-electron chi connectivity index (χ3n) is 3.46. The lowest BCUT2D eigenvalue weighted by Crippen LogP contribution is -2.39. The second-order valence-electron chi connectivity index (χ2n) is 6.31. The highest BCUT2D eigenvalue weighted by Crippen LogP contribution is 2.23. The molecular weight excluding hydrogens is 268 g/mol. The number of anilines is 1. The van der Waals surface area contributed by atoms with Crippen molar-refractivity contribution in [3.05, 3.63) is 29.8 Å². The molecule has 1 unspecified atom stereocenters. The highest BCUT2D eigenvalue weighted by molar-refractivity contribution is 7.99. The molecule has 2 rings (SSSR count). The van der Waals surface area contributed by atoms with Crippen molar-refractivity contribution in [2.75, 3.05) is 23.4 Å². The van der Waals surface area contributed by atoms with Crippen molar-refractivity contribution in [3.63, 3.8) is 0 Å². The van der Waals surface area contributed by atoms with Crippen LogP contribution in [-0.2, 0) is 10.2 Å². The fourth-order valence-electron chi connectivity index (χ4n) is 2.24. The summed E-state index contributed by atoms with van der Waals surface area (Å²) in [5.41, 5.74) is 2.30. The predicted molar refractivity (Wildman–Crippen MR) is 87.5 cm³/mol. The van der Waals surface area contributed by atoms with Crippen molar-refractivity contribution in [2.24, 2.45) is 0 Å². The Bertz CT molecular complexity index is 445. The Morgan fingerprint density at radius 2 is 2.05 bits per heavy atom. The van der Waals surface area contributed by atoms with Gasteiger partial charge in [0.1, 0.15) is 0 Å². The Balaban J connectivity index is 1.87. The van der Waals surface area contributed by atoms with E-state index in [1.54, 1.807) is 0 Å². The van der Waals surface area contributed by atoms with Crippen LogP contribution in [0.1, 0.15) is 32.8 Å². The molecule has 0 radical (unpaired) electrons. The van der Waals surface area contributed by atoms with E-state index in [1.807, 2.05) is 23.9 Å². The van der Waals surface area contributed by atoms with E-state index in [0.717, 1.165) is 23.7 Å². The van der Waals surface area contributed by atoms with Crippen molar-refractivity contribution >= 4 is 23.4 Å². The summed E-state index contributed by atoms with van der Waals surface area (Å²) in [7, 11) is 0. The summed E-state index contributed by atoms with van der Waals surface area (Å²) in [4.78, 5) is 12.0. The average Bonchev–Trinajstić information content (AvgIpc) is 2.39. The lowest BCUT2D eigenvalue weighted by molar-refractivity contribution is -0.116. The molecule has 1 aromatic carbocycles. The summed E-state index contributed by atoms with van der Waals surface area (Å²) in [5.74, 6) is 2.26. The molecule has 1 fully saturated rings. The largest absolute Gasteiger partial charge is 0.326 e. The first-order chi connectivity index (χ1) is 9.45. The van der Waals surface area contributed by atoms with Crippen LogP contribution in [0.2, 0.25) is 0 Å².